The molecule has 1 amide bonds. The molecule has 0 aliphatic heterocycles. The van der Waals surface area contributed by atoms with E-state index < -0.39 is 6.09 Å². The molecule has 4 heteroatoms. The van der Waals surface area contributed by atoms with E-state index in [-0.39, 0.29) is 0 Å². The van der Waals surface area contributed by atoms with Crippen molar-refractivity contribution in [1.29, 1.82) is 0 Å². The third-order valence-electron chi connectivity index (χ3n) is 3.79. The summed E-state index contributed by atoms with van der Waals surface area (Å²) in [4.78, 5) is 14.3. The van der Waals surface area contributed by atoms with Crippen LogP contribution >= 0.6 is 0 Å². The van der Waals surface area contributed by atoms with Crippen LogP contribution in [-0.4, -0.2) is 55.2 Å². The minimum absolute atomic E-state index is 0.679. The van der Waals surface area contributed by atoms with Gasteiger partial charge < -0.3 is 14.9 Å². The Labute approximate surface area is 105 Å². The van der Waals surface area contributed by atoms with Crippen LogP contribution in [0.4, 0.5) is 4.79 Å². The van der Waals surface area contributed by atoms with Crippen LogP contribution in [0.1, 0.15) is 32.1 Å². The van der Waals surface area contributed by atoms with Gasteiger partial charge in [0.05, 0.1) is 0 Å². The van der Waals surface area contributed by atoms with Crippen molar-refractivity contribution in [2.24, 2.45) is 11.8 Å². The molecule has 1 aliphatic carbocycles. The Morgan fingerprint density at radius 3 is 2.12 bits per heavy atom. The number of carbonyl (C=O) groups is 1. The topological polar surface area (TPSA) is 43.8 Å². The van der Waals surface area contributed by atoms with Gasteiger partial charge in [0, 0.05) is 20.1 Å². The molecule has 100 valence electrons. The van der Waals surface area contributed by atoms with Crippen LogP contribution in [0.5, 0.6) is 0 Å². The molecule has 1 N–H and O–H groups in total. The van der Waals surface area contributed by atoms with Gasteiger partial charge in [0.1, 0.15) is 0 Å². The Balaban J connectivity index is 2.17. The average molecular weight is 242 g/mol. The van der Waals surface area contributed by atoms with Gasteiger partial charge in [-0.2, -0.15) is 0 Å². The zero-order valence-corrected chi connectivity index (χ0v) is 11.4. The SMILES string of the molecule is CN(C)CC1CCC(CCN(C)C(=O)O)CC1. The quantitative estimate of drug-likeness (QED) is 0.805. The lowest BCUT2D eigenvalue weighted by molar-refractivity contribution is 0.148. The van der Waals surface area contributed by atoms with Gasteiger partial charge in [0.15, 0.2) is 0 Å². The lowest BCUT2D eigenvalue weighted by Crippen LogP contribution is -2.29. The first-order chi connectivity index (χ1) is 7.99. The van der Waals surface area contributed by atoms with Gasteiger partial charge in [-0.1, -0.05) is 12.8 Å². The average Bonchev–Trinajstić information content (AvgIpc) is 2.26. The molecule has 1 aliphatic rings. The van der Waals surface area contributed by atoms with Crippen molar-refractivity contribution in [2.75, 3.05) is 34.2 Å². The fourth-order valence-electron chi connectivity index (χ4n) is 2.69. The zero-order chi connectivity index (χ0) is 12.8. The second kappa shape index (κ2) is 6.84. The van der Waals surface area contributed by atoms with Crippen molar-refractivity contribution in [3.05, 3.63) is 0 Å². The summed E-state index contributed by atoms with van der Waals surface area (Å²) in [5, 5.41) is 8.77. The standard InChI is InChI=1S/C13H26N2O2/c1-14(2)10-12-6-4-11(5-7-12)8-9-15(3)13(16)17/h11-12H,4-10H2,1-3H3,(H,16,17). The molecular weight excluding hydrogens is 216 g/mol. The third-order valence-corrected chi connectivity index (χ3v) is 3.79. The van der Waals surface area contributed by atoms with E-state index in [1.807, 2.05) is 0 Å². The van der Waals surface area contributed by atoms with E-state index in [9.17, 15) is 4.79 Å². The Kier molecular flexibility index (Phi) is 5.75. The van der Waals surface area contributed by atoms with E-state index in [0.29, 0.717) is 6.54 Å². The monoisotopic (exact) mass is 242 g/mol. The molecule has 0 aromatic rings. The molecule has 0 atom stereocenters. The summed E-state index contributed by atoms with van der Waals surface area (Å²) in [5.41, 5.74) is 0. The van der Waals surface area contributed by atoms with E-state index >= 15 is 0 Å². The predicted octanol–water partition coefficient (Wildman–Crippen LogP) is 2.35. The van der Waals surface area contributed by atoms with Gasteiger partial charge in [-0.3, -0.25) is 0 Å². The lowest BCUT2D eigenvalue weighted by atomic mass is 9.80. The van der Waals surface area contributed by atoms with E-state index in [1.165, 1.54) is 37.1 Å². The highest BCUT2D eigenvalue weighted by Crippen LogP contribution is 2.31. The maximum Gasteiger partial charge on any atom is 0.407 e. The molecule has 1 saturated carbocycles. The number of hydrogen-bond acceptors (Lipinski definition) is 2. The van der Waals surface area contributed by atoms with E-state index in [0.717, 1.165) is 18.3 Å². The summed E-state index contributed by atoms with van der Waals surface area (Å²) in [6.07, 6.45) is 5.36. The molecule has 0 spiro atoms. The van der Waals surface area contributed by atoms with Crippen molar-refractivity contribution in [1.82, 2.24) is 9.80 Å². The molecule has 17 heavy (non-hydrogen) atoms. The van der Waals surface area contributed by atoms with Gasteiger partial charge in [-0.15, -0.1) is 0 Å². The molecule has 0 aromatic carbocycles. The molecule has 0 bridgehead atoms. The minimum atomic E-state index is -0.814. The van der Waals surface area contributed by atoms with Crippen molar-refractivity contribution < 1.29 is 9.90 Å². The summed E-state index contributed by atoms with van der Waals surface area (Å²) in [6.45, 7) is 1.88. The minimum Gasteiger partial charge on any atom is -0.465 e. The molecule has 0 radical (unpaired) electrons. The molecule has 0 aromatic heterocycles. The van der Waals surface area contributed by atoms with Crippen LogP contribution in [0.15, 0.2) is 0 Å². The van der Waals surface area contributed by atoms with Crippen LogP contribution in [0.2, 0.25) is 0 Å². The molecule has 4 nitrogen and oxygen atoms in total. The van der Waals surface area contributed by atoms with Gasteiger partial charge in [-0.25, -0.2) is 4.79 Å². The molecule has 0 heterocycles. The number of hydrogen-bond donors (Lipinski definition) is 1. The summed E-state index contributed by atoms with van der Waals surface area (Å²) in [6, 6.07) is 0. The molecular formula is C13H26N2O2. The van der Waals surface area contributed by atoms with Crippen LogP contribution in [-0.2, 0) is 0 Å². The summed E-state index contributed by atoms with van der Waals surface area (Å²) in [5.74, 6) is 1.58. The van der Waals surface area contributed by atoms with Crippen LogP contribution in [0.25, 0.3) is 0 Å². The van der Waals surface area contributed by atoms with Crippen molar-refractivity contribution in [3.63, 3.8) is 0 Å². The first kappa shape index (κ1) is 14.3. The number of carboxylic acid groups (broad SMARTS) is 1. The first-order valence-electron chi connectivity index (χ1n) is 6.57. The Morgan fingerprint density at radius 1 is 1.12 bits per heavy atom. The number of amides is 1. The maximum absolute atomic E-state index is 10.7. The van der Waals surface area contributed by atoms with Crippen LogP contribution < -0.4 is 0 Å². The second-order valence-corrected chi connectivity index (χ2v) is 5.64. The van der Waals surface area contributed by atoms with E-state index in [2.05, 4.69) is 19.0 Å². The highest BCUT2D eigenvalue weighted by atomic mass is 16.4. The number of rotatable bonds is 5. The Morgan fingerprint density at radius 2 is 1.65 bits per heavy atom. The van der Waals surface area contributed by atoms with Gasteiger partial charge in [-0.05, 0) is 45.2 Å². The third kappa shape index (κ3) is 5.39. The lowest BCUT2D eigenvalue weighted by Gasteiger charge is -2.30. The van der Waals surface area contributed by atoms with Crippen molar-refractivity contribution in [2.45, 2.75) is 32.1 Å². The molecule has 1 fully saturated rings. The van der Waals surface area contributed by atoms with Crippen molar-refractivity contribution >= 4 is 6.09 Å². The second-order valence-electron chi connectivity index (χ2n) is 5.64. The fraction of sp³-hybridized carbons (Fsp3) is 0.923. The highest BCUT2D eigenvalue weighted by Gasteiger charge is 2.22. The molecule has 1 rings (SSSR count). The predicted molar refractivity (Wildman–Crippen MR) is 69.3 cm³/mol. The Bertz CT molecular complexity index is 236. The smallest absolute Gasteiger partial charge is 0.407 e. The summed E-state index contributed by atoms with van der Waals surface area (Å²) in [7, 11) is 5.92. The molecule has 0 unspecified atom stereocenters. The zero-order valence-electron chi connectivity index (χ0n) is 11.4. The van der Waals surface area contributed by atoms with Gasteiger partial charge in [0.2, 0.25) is 0 Å². The Hall–Kier alpha value is -0.770. The first-order valence-corrected chi connectivity index (χ1v) is 6.57. The summed E-state index contributed by atoms with van der Waals surface area (Å²) < 4.78 is 0. The largest absolute Gasteiger partial charge is 0.465 e. The summed E-state index contributed by atoms with van der Waals surface area (Å²) >= 11 is 0. The van der Waals surface area contributed by atoms with Crippen molar-refractivity contribution in [3.8, 4) is 0 Å². The van der Waals surface area contributed by atoms with Gasteiger partial charge in [0.25, 0.3) is 0 Å². The normalized spacial score (nSPS) is 24.9. The van der Waals surface area contributed by atoms with Crippen LogP contribution in [0.3, 0.4) is 0 Å². The molecule has 0 saturated heterocycles. The van der Waals surface area contributed by atoms with E-state index in [4.69, 9.17) is 5.11 Å². The number of nitrogens with zero attached hydrogens (tertiary/aromatic N) is 2. The highest BCUT2D eigenvalue weighted by molar-refractivity contribution is 5.64. The fourth-order valence-corrected chi connectivity index (χ4v) is 2.69. The maximum atomic E-state index is 10.7. The van der Waals surface area contributed by atoms with E-state index in [1.54, 1.807) is 7.05 Å². The van der Waals surface area contributed by atoms with Gasteiger partial charge >= 0.3 is 6.09 Å². The van der Waals surface area contributed by atoms with Crippen LogP contribution in [0, 0.1) is 11.8 Å².